The molecule has 0 aliphatic carbocycles. The van der Waals surface area contributed by atoms with Gasteiger partial charge in [0, 0.05) is 12.8 Å². The minimum absolute atomic E-state index is 0.0609. The monoisotopic (exact) mass is 925 g/mol. The Labute approximate surface area is 411 Å². The molecule has 0 aliphatic heterocycles. The molecule has 5 heteroatoms. The third-order valence-electron chi connectivity index (χ3n) is 13.1. The third-order valence-corrected chi connectivity index (χ3v) is 13.1. The number of esters is 2. The molecule has 66 heavy (non-hydrogen) atoms. The summed E-state index contributed by atoms with van der Waals surface area (Å²) in [5, 5.41) is 9.66. The zero-order valence-corrected chi connectivity index (χ0v) is 44.2. The molecule has 1 atom stereocenters. The molecule has 0 aliphatic rings. The van der Waals surface area contributed by atoms with Crippen molar-refractivity contribution >= 4 is 11.9 Å². The van der Waals surface area contributed by atoms with Crippen LogP contribution in [0, 0.1) is 0 Å². The van der Waals surface area contributed by atoms with E-state index in [0.717, 1.165) is 57.8 Å². The van der Waals surface area contributed by atoms with Crippen LogP contribution in [0.3, 0.4) is 0 Å². The molecule has 0 rings (SSSR count). The normalized spacial score (nSPS) is 12.5. The molecule has 0 saturated carbocycles. The molecule has 0 fully saturated rings. The van der Waals surface area contributed by atoms with Crippen molar-refractivity contribution in [2.75, 3.05) is 13.2 Å². The zero-order chi connectivity index (χ0) is 47.7. The van der Waals surface area contributed by atoms with Crippen molar-refractivity contribution in [3.63, 3.8) is 0 Å². The fourth-order valence-electron chi connectivity index (χ4n) is 8.79. The maximum atomic E-state index is 12.3. The molecule has 0 saturated heterocycles. The molecule has 0 heterocycles. The average molecular weight is 926 g/mol. The number of unbranched alkanes of at least 4 members (excludes halogenated alkanes) is 38. The summed E-state index contributed by atoms with van der Waals surface area (Å²) < 4.78 is 10.7. The van der Waals surface area contributed by atoms with E-state index in [9.17, 15) is 14.7 Å². The molecular formula is C61H112O5. The SMILES string of the molecule is CC/C=C\C/C=C\C/C=C\C/C=C\CCCCCCCCCCCCCCCCCCC(=O)OC(CO)COC(=O)CCCCCCCCCCCCCCCCCCCCCCCCC. The molecule has 0 amide bonds. The van der Waals surface area contributed by atoms with Crippen LogP contribution in [0.25, 0.3) is 0 Å². The lowest BCUT2D eigenvalue weighted by Gasteiger charge is -2.15. The summed E-state index contributed by atoms with van der Waals surface area (Å²) in [6.07, 6.45) is 75.2. The van der Waals surface area contributed by atoms with Gasteiger partial charge in [-0.25, -0.2) is 0 Å². The number of carbonyl (C=O) groups excluding carboxylic acids is 2. The van der Waals surface area contributed by atoms with E-state index >= 15 is 0 Å². The Morgan fingerprint density at radius 2 is 0.652 bits per heavy atom. The van der Waals surface area contributed by atoms with Gasteiger partial charge in [0.2, 0.25) is 0 Å². The maximum Gasteiger partial charge on any atom is 0.306 e. The predicted octanol–water partition coefficient (Wildman–Crippen LogP) is 19.6. The summed E-state index contributed by atoms with van der Waals surface area (Å²) >= 11 is 0. The minimum Gasteiger partial charge on any atom is -0.462 e. The fraction of sp³-hybridized carbons (Fsp3) is 0.836. The average Bonchev–Trinajstić information content (AvgIpc) is 3.32. The largest absolute Gasteiger partial charge is 0.462 e. The molecule has 0 aromatic rings. The van der Waals surface area contributed by atoms with E-state index in [1.807, 2.05) is 0 Å². The van der Waals surface area contributed by atoms with Crippen LogP contribution >= 0.6 is 0 Å². The van der Waals surface area contributed by atoms with Crippen molar-refractivity contribution in [3.05, 3.63) is 48.6 Å². The summed E-state index contributed by atoms with van der Waals surface area (Å²) in [5.74, 6) is -0.573. The van der Waals surface area contributed by atoms with E-state index in [1.54, 1.807) is 0 Å². The molecule has 0 bridgehead atoms. The number of hydrogen-bond donors (Lipinski definition) is 1. The number of ether oxygens (including phenoxy) is 2. The summed E-state index contributed by atoms with van der Waals surface area (Å²) in [7, 11) is 0. The van der Waals surface area contributed by atoms with E-state index < -0.39 is 6.10 Å². The summed E-state index contributed by atoms with van der Waals surface area (Å²) in [6.45, 7) is 4.08. The van der Waals surface area contributed by atoms with Crippen molar-refractivity contribution in [2.45, 2.75) is 315 Å². The van der Waals surface area contributed by atoms with E-state index in [1.165, 1.54) is 225 Å². The Morgan fingerprint density at radius 1 is 0.364 bits per heavy atom. The van der Waals surface area contributed by atoms with Gasteiger partial charge in [0.25, 0.3) is 0 Å². The first-order chi connectivity index (χ1) is 32.6. The lowest BCUT2D eigenvalue weighted by atomic mass is 10.0. The number of allylic oxidation sites excluding steroid dienone is 8. The van der Waals surface area contributed by atoms with Gasteiger partial charge >= 0.3 is 11.9 Å². The van der Waals surface area contributed by atoms with Gasteiger partial charge in [0.05, 0.1) is 6.61 Å². The topological polar surface area (TPSA) is 72.8 Å². The molecule has 1 unspecified atom stereocenters. The van der Waals surface area contributed by atoms with E-state index in [-0.39, 0.29) is 25.2 Å². The number of carbonyl (C=O) groups is 2. The van der Waals surface area contributed by atoms with Gasteiger partial charge in [-0.1, -0.05) is 294 Å². The number of aliphatic hydroxyl groups is 1. The zero-order valence-electron chi connectivity index (χ0n) is 44.2. The predicted molar refractivity (Wildman–Crippen MR) is 288 cm³/mol. The van der Waals surface area contributed by atoms with Crippen LogP contribution in [-0.2, 0) is 19.1 Å². The highest BCUT2D eigenvalue weighted by Crippen LogP contribution is 2.18. The van der Waals surface area contributed by atoms with Crippen molar-refractivity contribution in [2.24, 2.45) is 0 Å². The van der Waals surface area contributed by atoms with Gasteiger partial charge in [0.15, 0.2) is 6.10 Å². The lowest BCUT2D eigenvalue weighted by Crippen LogP contribution is -2.28. The molecule has 0 aromatic heterocycles. The molecule has 5 nitrogen and oxygen atoms in total. The molecule has 0 spiro atoms. The Morgan fingerprint density at radius 3 is 0.985 bits per heavy atom. The Bertz CT molecular complexity index is 1090. The van der Waals surface area contributed by atoms with Crippen LogP contribution in [0.4, 0.5) is 0 Å². The van der Waals surface area contributed by atoms with Crippen LogP contribution < -0.4 is 0 Å². The molecule has 386 valence electrons. The Hall–Kier alpha value is -2.14. The lowest BCUT2D eigenvalue weighted by molar-refractivity contribution is -0.161. The van der Waals surface area contributed by atoms with E-state index in [2.05, 4.69) is 62.5 Å². The van der Waals surface area contributed by atoms with Gasteiger partial charge in [0.1, 0.15) is 6.61 Å². The first-order valence-electron chi connectivity index (χ1n) is 29.2. The number of aliphatic hydroxyl groups excluding tert-OH is 1. The molecule has 1 N–H and O–H groups in total. The highest BCUT2D eigenvalue weighted by molar-refractivity contribution is 5.70. The maximum absolute atomic E-state index is 12.3. The van der Waals surface area contributed by atoms with E-state index in [0.29, 0.717) is 12.8 Å². The number of rotatable bonds is 54. The summed E-state index contributed by atoms with van der Waals surface area (Å²) in [6, 6.07) is 0. The second-order valence-electron chi connectivity index (χ2n) is 19.7. The fourth-order valence-corrected chi connectivity index (χ4v) is 8.79. The van der Waals surface area contributed by atoms with Gasteiger partial charge < -0.3 is 14.6 Å². The van der Waals surface area contributed by atoms with Crippen LogP contribution in [0.1, 0.15) is 309 Å². The highest BCUT2D eigenvalue weighted by Gasteiger charge is 2.16. The summed E-state index contributed by atoms with van der Waals surface area (Å²) in [4.78, 5) is 24.5. The van der Waals surface area contributed by atoms with Crippen molar-refractivity contribution in [3.8, 4) is 0 Å². The van der Waals surface area contributed by atoms with Crippen LogP contribution in [-0.4, -0.2) is 36.4 Å². The number of hydrogen-bond acceptors (Lipinski definition) is 5. The van der Waals surface area contributed by atoms with Crippen LogP contribution in [0.15, 0.2) is 48.6 Å². The van der Waals surface area contributed by atoms with Crippen LogP contribution in [0.2, 0.25) is 0 Å². The van der Waals surface area contributed by atoms with Gasteiger partial charge in [-0.2, -0.15) is 0 Å². The second-order valence-corrected chi connectivity index (χ2v) is 19.7. The second kappa shape index (κ2) is 57.2. The van der Waals surface area contributed by atoms with Gasteiger partial charge in [-0.15, -0.1) is 0 Å². The third kappa shape index (κ3) is 54.5. The van der Waals surface area contributed by atoms with Crippen molar-refractivity contribution < 1.29 is 24.2 Å². The Kier molecular flexibility index (Phi) is 55.3. The minimum atomic E-state index is -0.770. The first-order valence-corrected chi connectivity index (χ1v) is 29.2. The van der Waals surface area contributed by atoms with Gasteiger partial charge in [-0.3, -0.25) is 9.59 Å². The van der Waals surface area contributed by atoms with Crippen LogP contribution in [0.5, 0.6) is 0 Å². The van der Waals surface area contributed by atoms with E-state index in [4.69, 9.17) is 9.47 Å². The molecule has 0 aromatic carbocycles. The first kappa shape index (κ1) is 63.9. The quantitative estimate of drug-likeness (QED) is 0.0374. The van der Waals surface area contributed by atoms with Crippen molar-refractivity contribution in [1.82, 2.24) is 0 Å². The smallest absolute Gasteiger partial charge is 0.306 e. The molecule has 0 radical (unpaired) electrons. The van der Waals surface area contributed by atoms with Gasteiger partial charge in [-0.05, 0) is 51.4 Å². The Balaban J connectivity index is 3.43. The van der Waals surface area contributed by atoms with Crippen molar-refractivity contribution in [1.29, 1.82) is 0 Å². The summed E-state index contributed by atoms with van der Waals surface area (Å²) in [5.41, 5.74) is 0. The molecular weight excluding hydrogens is 813 g/mol. The standard InChI is InChI=1S/C61H112O5/c1-3-5-7-9-11-13-15-17-19-21-23-25-27-28-29-30-31-32-34-36-38-40-42-44-46-48-50-52-54-56-61(64)66-59(57-62)58-65-60(63)55-53-51-49-47-45-43-41-39-37-35-33-26-24-22-20-18-16-14-12-10-8-6-4-2/h5,7,11,13,17,19,23,25,59,62H,3-4,6,8-10,12,14-16,18,20-22,24,26-58H2,1-2H3/b7-5-,13-11-,19-17-,25-23-. The highest BCUT2D eigenvalue weighted by atomic mass is 16.6.